The third-order valence-corrected chi connectivity index (χ3v) is 3.16. The lowest BCUT2D eigenvalue weighted by Crippen LogP contribution is -2.40. The molecule has 8 nitrogen and oxygen atoms in total. The molecule has 1 atom stereocenters. The Morgan fingerprint density at radius 3 is 2.62 bits per heavy atom. The van der Waals surface area contributed by atoms with Crippen molar-refractivity contribution in [3.05, 3.63) is 35.9 Å². The van der Waals surface area contributed by atoms with Crippen LogP contribution in [0.3, 0.4) is 0 Å². The van der Waals surface area contributed by atoms with E-state index < -0.39 is 18.0 Å². The quantitative estimate of drug-likeness (QED) is 0.118. The fourth-order valence-electron chi connectivity index (χ4n) is 1.90. The molecule has 0 unspecified atom stereocenters. The van der Waals surface area contributed by atoms with Crippen LogP contribution in [-0.2, 0) is 14.3 Å². The van der Waals surface area contributed by atoms with Crippen LogP contribution in [-0.4, -0.2) is 42.4 Å². The first-order valence-corrected chi connectivity index (χ1v) is 7.64. The zero-order chi connectivity index (χ0) is 17.8. The second kappa shape index (κ2) is 11.1. The summed E-state index contributed by atoms with van der Waals surface area (Å²) in [6.07, 6.45) is 1.91. The molecule has 132 valence electrons. The maximum atomic E-state index is 12.0. The molecule has 1 aromatic carbocycles. The van der Waals surface area contributed by atoms with E-state index in [0.717, 1.165) is 6.42 Å². The third-order valence-electron chi connectivity index (χ3n) is 3.16. The molecule has 0 aliphatic carbocycles. The largest absolute Gasteiger partial charge is 0.446 e. The number of esters is 2. The van der Waals surface area contributed by atoms with Crippen molar-refractivity contribution < 1.29 is 24.3 Å². The summed E-state index contributed by atoms with van der Waals surface area (Å²) in [6, 6.07) is 7.83. The molecule has 0 aromatic heterocycles. The number of benzene rings is 1. The van der Waals surface area contributed by atoms with E-state index >= 15 is 0 Å². The molecular weight excluding hydrogens is 314 g/mol. The molecule has 1 aromatic rings. The highest BCUT2D eigenvalue weighted by Gasteiger charge is 2.21. The summed E-state index contributed by atoms with van der Waals surface area (Å²) in [5.41, 5.74) is 5.86. The fraction of sp³-hybridized carbons (Fsp3) is 0.438. The number of nitrogens with one attached hydrogen (secondary N) is 1. The third kappa shape index (κ3) is 7.21. The average molecular weight is 337 g/mol. The van der Waals surface area contributed by atoms with Gasteiger partial charge in [-0.25, -0.2) is 9.59 Å². The molecule has 0 fully saturated rings. The molecule has 24 heavy (non-hydrogen) atoms. The summed E-state index contributed by atoms with van der Waals surface area (Å²) in [5.74, 6) is -1.27. The zero-order valence-corrected chi connectivity index (χ0v) is 13.6. The number of hydrogen-bond donors (Lipinski definition) is 3. The van der Waals surface area contributed by atoms with Gasteiger partial charge in [-0.3, -0.25) is 5.32 Å². The molecular formula is C16H23N3O5. The van der Waals surface area contributed by atoms with E-state index in [1.54, 1.807) is 30.3 Å². The summed E-state index contributed by atoms with van der Waals surface area (Å²) < 4.78 is 9.95. The molecule has 0 aliphatic heterocycles. The molecule has 0 heterocycles. The highest BCUT2D eigenvalue weighted by molar-refractivity contribution is 5.90. The standard InChI is InChI=1S/C16H23N3O5/c1-12(19-22)24-16(21)14(9-5-6-10-17)18-11-23-15(20)13-7-3-2-4-8-13/h2-4,7-8,14,18,22H,5-6,9-11,17H2,1H3/t14-/m0/s1. The van der Waals surface area contributed by atoms with Crippen molar-refractivity contribution in [2.24, 2.45) is 10.9 Å². The SMILES string of the molecule is CC(=NO)OC(=O)[C@H](CCCCN)NCOC(=O)c1ccccc1. The molecule has 0 aliphatic rings. The van der Waals surface area contributed by atoms with Crippen molar-refractivity contribution in [3.63, 3.8) is 0 Å². The van der Waals surface area contributed by atoms with Crippen LogP contribution in [0.4, 0.5) is 0 Å². The van der Waals surface area contributed by atoms with Crippen molar-refractivity contribution in [1.29, 1.82) is 0 Å². The van der Waals surface area contributed by atoms with Crippen LogP contribution < -0.4 is 11.1 Å². The molecule has 0 radical (unpaired) electrons. The normalized spacial score (nSPS) is 12.5. The Morgan fingerprint density at radius 1 is 1.29 bits per heavy atom. The van der Waals surface area contributed by atoms with E-state index in [1.165, 1.54) is 6.92 Å². The maximum Gasteiger partial charge on any atom is 0.339 e. The average Bonchev–Trinajstić information content (AvgIpc) is 2.60. The Balaban J connectivity index is 2.51. The summed E-state index contributed by atoms with van der Waals surface area (Å²) in [7, 11) is 0. The van der Waals surface area contributed by atoms with Gasteiger partial charge in [0.15, 0.2) is 0 Å². The number of oxime groups is 1. The van der Waals surface area contributed by atoms with E-state index in [2.05, 4.69) is 10.5 Å². The van der Waals surface area contributed by atoms with Crippen LogP contribution in [0.2, 0.25) is 0 Å². The number of hydrogen-bond acceptors (Lipinski definition) is 8. The van der Waals surface area contributed by atoms with Gasteiger partial charge >= 0.3 is 11.9 Å². The number of carbonyl (C=O) groups excluding carboxylic acids is 2. The van der Waals surface area contributed by atoms with Gasteiger partial charge in [0.1, 0.15) is 12.8 Å². The molecule has 0 bridgehead atoms. The fourth-order valence-corrected chi connectivity index (χ4v) is 1.90. The number of nitrogens with two attached hydrogens (primary N) is 1. The molecule has 1 rings (SSSR count). The van der Waals surface area contributed by atoms with Gasteiger partial charge in [-0.1, -0.05) is 29.8 Å². The van der Waals surface area contributed by atoms with Gasteiger partial charge in [0.05, 0.1) is 5.56 Å². The second-order valence-corrected chi connectivity index (χ2v) is 5.02. The van der Waals surface area contributed by atoms with Crippen LogP contribution in [0, 0.1) is 0 Å². The molecule has 8 heteroatoms. The van der Waals surface area contributed by atoms with Crippen LogP contribution in [0.5, 0.6) is 0 Å². The highest BCUT2D eigenvalue weighted by atomic mass is 16.6. The summed E-state index contributed by atoms with van der Waals surface area (Å²) in [5, 5.41) is 14.2. The molecule has 4 N–H and O–H groups in total. The number of nitrogens with zero attached hydrogens (tertiary/aromatic N) is 1. The monoisotopic (exact) mass is 337 g/mol. The highest BCUT2D eigenvalue weighted by Crippen LogP contribution is 2.05. The lowest BCUT2D eigenvalue weighted by molar-refractivity contribution is -0.138. The van der Waals surface area contributed by atoms with Crippen LogP contribution >= 0.6 is 0 Å². The summed E-state index contributed by atoms with van der Waals surface area (Å²) in [4.78, 5) is 23.8. The Kier molecular flexibility index (Phi) is 9.10. The van der Waals surface area contributed by atoms with E-state index in [4.69, 9.17) is 20.4 Å². The summed E-state index contributed by atoms with van der Waals surface area (Å²) in [6.45, 7) is 1.72. The first-order chi connectivity index (χ1) is 11.6. The Bertz CT molecular complexity index is 548. The Labute approximate surface area is 140 Å². The van der Waals surface area contributed by atoms with Crippen molar-refractivity contribution in [1.82, 2.24) is 5.32 Å². The van der Waals surface area contributed by atoms with Crippen molar-refractivity contribution in [2.45, 2.75) is 32.2 Å². The molecule has 0 spiro atoms. The second-order valence-electron chi connectivity index (χ2n) is 5.02. The first kappa shape index (κ1) is 19.6. The topological polar surface area (TPSA) is 123 Å². The van der Waals surface area contributed by atoms with Crippen molar-refractivity contribution >= 4 is 17.8 Å². The van der Waals surface area contributed by atoms with Crippen LogP contribution in [0.25, 0.3) is 0 Å². The number of rotatable bonds is 9. The Morgan fingerprint density at radius 2 is 2.00 bits per heavy atom. The van der Waals surface area contributed by atoms with Gasteiger partial charge < -0.3 is 20.4 Å². The van der Waals surface area contributed by atoms with Gasteiger partial charge in [0, 0.05) is 6.92 Å². The lowest BCUT2D eigenvalue weighted by Gasteiger charge is -2.17. The number of ether oxygens (including phenoxy) is 2. The van der Waals surface area contributed by atoms with Crippen LogP contribution in [0.15, 0.2) is 35.5 Å². The molecule has 0 saturated heterocycles. The van der Waals surface area contributed by atoms with E-state index in [0.29, 0.717) is 24.9 Å². The smallest absolute Gasteiger partial charge is 0.339 e. The zero-order valence-electron chi connectivity index (χ0n) is 13.6. The number of carbonyl (C=O) groups is 2. The van der Waals surface area contributed by atoms with Gasteiger partial charge in [0.2, 0.25) is 5.90 Å². The minimum absolute atomic E-state index is 0.147. The van der Waals surface area contributed by atoms with Crippen LogP contribution in [0.1, 0.15) is 36.5 Å². The van der Waals surface area contributed by atoms with Gasteiger partial charge in [-0.2, -0.15) is 0 Å². The van der Waals surface area contributed by atoms with Crippen molar-refractivity contribution in [2.75, 3.05) is 13.3 Å². The first-order valence-electron chi connectivity index (χ1n) is 7.64. The van der Waals surface area contributed by atoms with Crippen molar-refractivity contribution in [3.8, 4) is 0 Å². The molecule has 0 saturated carbocycles. The van der Waals surface area contributed by atoms with E-state index in [9.17, 15) is 9.59 Å². The minimum atomic E-state index is -0.697. The van der Waals surface area contributed by atoms with Gasteiger partial charge in [-0.05, 0) is 31.5 Å². The van der Waals surface area contributed by atoms with Gasteiger partial charge in [0.25, 0.3) is 0 Å². The maximum absolute atomic E-state index is 12.0. The molecule has 0 amide bonds. The van der Waals surface area contributed by atoms with E-state index in [1.807, 2.05) is 0 Å². The Hall–Kier alpha value is -2.45. The minimum Gasteiger partial charge on any atom is -0.446 e. The van der Waals surface area contributed by atoms with Gasteiger partial charge in [-0.15, -0.1) is 0 Å². The van der Waals surface area contributed by atoms with E-state index in [-0.39, 0.29) is 12.6 Å². The number of unbranched alkanes of at least 4 members (excludes halogenated alkanes) is 1. The predicted molar refractivity (Wildman–Crippen MR) is 87.5 cm³/mol. The summed E-state index contributed by atoms with van der Waals surface area (Å²) >= 11 is 0. The predicted octanol–water partition coefficient (Wildman–Crippen LogP) is 1.24. The lowest BCUT2D eigenvalue weighted by atomic mass is 10.1.